The van der Waals surface area contributed by atoms with Gasteiger partial charge in [-0.2, -0.15) is 0 Å². The van der Waals surface area contributed by atoms with E-state index in [4.69, 9.17) is 18.9 Å². The summed E-state index contributed by atoms with van der Waals surface area (Å²) in [6.07, 6.45) is 12.3. The molecule has 14 atom stereocenters. The maximum absolute atomic E-state index is 14.4. The lowest BCUT2D eigenvalue weighted by atomic mass is 9.51. The van der Waals surface area contributed by atoms with Crippen molar-refractivity contribution >= 4 is 5.78 Å². The van der Waals surface area contributed by atoms with E-state index in [9.17, 15) is 25.2 Å². The second-order valence-corrected chi connectivity index (χ2v) is 16.0. The molecule has 0 aromatic carbocycles. The number of epoxide rings is 1. The van der Waals surface area contributed by atoms with Gasteiger partial charge in [0, 0.05) is 29.7 Å². The average Bonchev–Trinajstić information content (AvgIpc) is 3.63. The van der Waals surface area contributed by atoms with Crippen LogP contribution in [0.4, 0.5) is 0 Å². The van der Waals surface area contributed by atoms with E-state index in [1.807, 2.05) is 26.0 Å². The third kappa shape index (κ3) is 4.17. The molecule has 4 heterocycles. The Kier molecular flexibility index (Phi) is 7.67. The van der Waals surface area contributed by atoms with Crippen LogP contribution in [0.25, 0.3) is 0 Å². The lowest BCUT2D eigenvalue weighted by Gasteiger charge is -2.61. The molecular formula is C36H54O9. The number of ether oxygens (including phenoxy) is 4. The van der Waals surface area contributed by atoms with Crippen molar-refractivity contribution in [2.75, 3.05) is 6.61 Å². The number of Topliss-reactive ketones (excluding diaryl/α,β-unsaturated/α-hetero) is 1. The van der Waals surface area contributed by atoms with E-state index >= 15 is 0 Å². The normalized spacial score (nSPS) is 56.8. The number of rotatable bonds is 2. The van der Waals surface area contributed by atoms with Crippen LogP contribution in [0.1, 0.15) is 105 Å². The largest absolute Gasteiger partial charge is 0.393 e. The molecule has 1 unspecified atom stereocenters. The lowest BCUT2D eigenvalue weighted by molar-refractivity contribution is -0.414. The fourth-order valence-corrected chi connectivity index (χ4v) is 11.2. The zero-order valence-corrected chi connectivity index (χ0v) is 27.5. The minimum atomic E-state index is -2.34. The van der Waals surface area contributed by atoms with Crippen LogP contribution in [0.15, 0.2) is 24.3 Å². The van der Waals surface area contributed by atoms with E-state index in [0.717, 1.165) is 44.1 Å². The number of ketones is 1. The van der Waals surface area contributed by atoms with Gasteiger partial charge in [-0.1, -0.05) is 77.9 Å². The summed E-state index contributed by atoms with van der Waals surface area (Å²) in [5, 5.41) is 48.1. The van der Waals surface area contributed by atoms with E-state index in [1.165, 1.54) is 25.7 Å². The van der Waals surface area contributed by atoms with E-state index in [0.29, 0.717) is 12.8 Å². The molecule has 9 nitrogen and oxygen atoms in total. The second kappa shape index (κ2) is 10.7. The Bertz CT molecular complexity index is 1250. The van der Waals surface area contributed by atoms with Crippen LogP contribution in [-0.2, 0) is 23.7 Å². The van der Waals surface area contributed by atoms with Crippen molar-refractivity contribution in [1.29, 1.82) is 0 Å². The van der Waals surface area contributed by atoms with Crippen LogP contribution in [0.2, 0.25) is 0 Å². The van der Waals surface area contributed by atoms with Gasteiger partial charge in [-0.3, -0.25) is 4.79 Å². The molecule has 252 valence electrons. The quantitative estimate of drug-likeness (QED) is 0.263. The van der Waals surface area contributed by atoms with Crippen molar-refractivity contribution in [3.05, 3.63) is 24.3 Å². The Morgan fingerprint density at radius 1 is 0.956 bits per heavy atom. The van der Waals surface area contributed by atoms with Crippen LogP contribution < -0.4 is 0 Å². The number of aliphatic hydroxyl groups is 4. The van der Waals surface area contributed by atoms with Gasteiger partial charge in [-0.15, -0.1) is 0 Å². The standard InChI is InChI=1S/C36H54O9/c1-21(2)32-19-22(3)36-25-28(32)43-34(44-32,45-36)18-16-14-12-10-8-6-7-9-11-13-15-17-31(5,40)24-23(4)27(38)35(41,26(24)36)30(39)33(20-37)29(25)42-33/h16,18,22-26,28-30,37,39-41H,1,6-15,17,19-20H2,2-5H3/b18-16+/t22-,23+,24+,25-,26-,28-,29+,30-,31?,32+,33+,34-,35-,36-/m1/s1. The van der Waals surface area contributed by atoms with Gasteiger partial charge in [0.1, 0.15) is 29.5 Å². The van der Waals surface area contributed by atoms with Gasteiger partial charge in [0.15, 0.2) is 11.4 Å². The molecule has 45 heavy (non-hydrogen) atoms. The van der Waals surface area contributed by atoms with Gasteiger partial charge < -0.3 is 39.4 Å². The van der Waals surface area contributed by atoms with E-state index in [-0.39, 0.29) is 5.92 Å². The molecule has 3 aliphatic carbocycles. The van der Waals surface area contributed by atoms with E-state index in [1.54, 1.807) is 13.8 Å². The summed E-state index contributed by atoms with van der Waals surface area (Å²) in [6, 6.07) is 0. The molecule has 4 aliphatic heterocycles. The molecule has 0 aromatic heterocycles. The van der Waals surface area contributed by atoms with Crippen LogP contribution in [-0.4, -0.2) is 85.1 Å². The predicted molar refractivity (Wildman–Crippen MR) is 165 cm³/mol. The highest BCUT2D eigenvalue weighted by atomic mass is 16.9. The minimum Gasteiger partial charge on any atom is -0.393 e. The zero-order chi connectivity index (χ0) is 32.2. The summed E-state index contributed by atoms with van der Waals surface area (Å²) in [5.74, 6) is -5.61. The fourth-order valence-electron chi connectivity index (χ4n) is 11.2. The Labute approximate surface area is 267 Å². The monoisotopic (exact) mass is 630 g/mol. The molecule has 2 spiro atoms. The van der Waals surface area contributed by atoms with Crippen molar-refractivity contribution in [1.82, 2.24) is 0 Å². The van der Waals surface area contributed by atoms with Crippen LogP contribution in [0.5, 0.6) is 0 Å². The first-order valence-corrected chi connectivity index (χ1v) is 17.6. The first kappa shape index (κ1) is 32.4. The minimum absolute atomic E-state index is 0.317. The Morgan fingerprint density at radius 3 is 2.24 bits per heavy atom. The van der Waals surface area contributed by atoms with Crippen molar-refractivity contribution in [3.8, 4) is 0 Å². The number of carbonyl (C=O) groups excluding carboxylic acids is 1. The van der Waals surface area contributed by atoms with Gasteiger partial charge in [0.2, 0.25) is 0 Å². The molecule has 4 N–H and O–H groups in total. The Morgan fingerprint density at radius 2 is 1.60 bits per heavy atom. The number of hydrogen-bond acceptors (Lipinski definition) is 9. The van der Waals surface area contributed by atoms with Gasteiger partial charge in [0.25, 0.3) is 0 Å². The number of fused-ring (bicyclic) bond motifs is 1. The molecule has 7 rings (SSSR count). The summed E-state index contributed by atoms with van der Waals surface area (Å²) in [5.41, 5.74) is -6.73. The van der Waals surface area contributed by atoms with Crippen molar-refractivity contribution < 1.29 is 44.2 Å². The van der Waals surface area contributed by atoms with E-state index < -0.39 is 88.4 Å². The van der Waals surface area contributed by atoms with Crippen molar-refractivity contribution in [2.45, 2.75) is 157 Å². The van der Waals surface area contributed by atoms with Crippen LogP contribution in [0, 0.1) is 29.6 Å². The van der Waals surface area contributed by atoms with E-state index in [2.05, 4.69) is 6.58 Å². The van der Waals surface area contributed by atoms with Gasteiger partial charge in [-0.25, -0.2) is 0 Å². The molecule has 3 saturated carbocycles. The summed E-state index contributed by atoms with van der Waals surface area (Å²) in [7, 11) is 0. The summed E-state index contributed by atoms with van der Waals surface area (Å²) >= 11 is 0. The second-order valence-electron chi connectivity index (χ2n) is 16.0. The highest BCUT2D eigenvalue weighted by Gasteiger charge is 2.90. The molecule has 0 radical (unpaired) electrons. The fraction of sp³-hybridized carbons (Fsp3) is 0.861. The SMILES string of the molecule is C=C(C)[C@@]12C[C@@H](C)[C@@]34O[C@@]5(/C=C/CCCCCCCCCCCC(C)(O)[C@H]6[C@H](C)C(=O)[C@@](O)([C@H](O)[C@@]7(CO)O[C@H]7[C@H]3[C@H]1O5)[C@@H]64)O2. The van der Waals surface area contributed by atoms with Crippen LogP contribution in [0.3, 0.4) is 0 Å². The molecule has 0 aromatic rings. The maximum atomic E-state index is 14.4. The number of allylic oxidation sites excluding steroid dienone is 1. The molecular weight excluding hydrogens is 576 g/mol. The van der Waals surface area contributed by atoms with Crippen molar-refractivity contribution in [3.63, 3.8) is 0 Å². The van der Waals surface area contributed by atoms with Crippen LogP contribution >= 0.6 is 0 Å². The lowest BCUT2D eigenvalue weighted by Crippen LogP contribution is -2.74. The Hall–Kier alpha value is -1.17. The van der Waals surface area contributed by atoms with Crippen molar-refractivity contribution in [2.24, 2.45) is 29.6 Å². The summed E-state index contributed by atoms with van der Waals surface area (Å²) in [6.45, 7) is 11.3. The highest BCUT2D eigenvalue weighted by Crippen LogP contribution is 2.74. The molecule has 9 heteroatoms. The Balaban J connectivity index is 1.43. The molecule has 3 saturated heterocycles. The zero-order valence-electron chi connectivity index (χ0n) is 27.5. The first-order valence-electron chi connectivity index (χ1n) is 17.6. The molecule has 7 aliphatic rings. The topological polar surface area (TPSA) is 138 Å². The first-order chi connectivity index (χ1) is 21.3. The average molecular weight is 631 g/mol. The molecule has 0 amide bonds. The smallest absolute Gasteiger partial charge is 0.306 e. The summed E-state index contributed by atoms with van der Waals surface area (Å²) in [4.78, 5) is 14.4. The number of aliphatic hydroxyl groups excluding tert-OH is 2. The molecule has 3 bridgehead atoms. The maximum Gasteiger partial charge on any atom is 0.306 e. The van der Waals surface area contributed by atoms with Gasteiger partial charge in [-0.05, 0) is 51.0 Å². The summed E-state index contributed by atoms with van der Waals surface area (Å²) < 4.78 is 27.2. The molecule has 6 fully saturated rings. The van der Waals surface area contributed by atoms with Gasteiger partial charge >= 0.3 is 5.97 Å². The number of carbonyl (C=O) groups is 1. The number of hydrogen-bond donors (Lipinski definition) is 4. The highest BCUT2D eigenvalue weighted by molar-refractivity contribution is 5.94. The third-order valence-electron chi connectivity index (χ3n) is 13.3. The predicted octanol–water partition coefficient (Wildman–Crippen LogP) is 4.09. The third-order valence-corrected chi connectivity index (χ3v) is 13.3. The van der Waals surface area contributed by atoms with Gasteiger partial charge in [0.05, 0.1) is 17.8 Å².